The monoisotopic (exact) mass is 276 g/mol. The van der Waals surface area contributed by atoms with Gasteiger partial charge in [-0.05, 0) is 13.0 Å². The molecule has 5 nitrogen and oxygen atoms in total. The Balaban J connectivity index is 3.32. The van der Waals surface area contributed by atoms with Gasteiger partial charge in [0.05, 0.1) is 24.3 Å². The van der Waals surface area contributed by atoms with Crippen LogP contribution in [0, 0.1) is 5.82 Å². The number of Topliss-reactive ketones (excluding diaryl/α,β-unsaturated/α-hetero) is 1. The van der Waals surface area contributed by atoms with Crippen molar-refractivity contribution in [3.05, 3.63) is 22.5 Å². The minimum absolute atomic E-state index is 0.00118. The van der Waals surface area contributed by atoms with E-state index in [-0.39, 0.29) is 6.61 Å². The first kappa shape index (κ1) is 14.2. The SMILES string of the molecule is CCOC(=O)C(=O)c1cc(Cl)c(O)c(F)c1OC. The molecule has 0 aliphatic heterocycles. The molecule has 7 heteroatoms. The number of benzene rings is 1. The Kier molecular flexibility index (Phi) is 4.49. The minimum Gasteiger partial charge on any atom is -0.504 e. The van der Waals surface area contributed by atoms with Gasteiger partial charge in [0, 0.05) is 0 Å². The molecule has 0 aromatic heterocycles. The topological polar surface area (TPSA) is 72.8 Å². The number of ketones is 1. The van der Waals surface area contributed by atoms with E-state index in [0.29, 0.717) is 0 Å². The highest BCUT2D eigenvalue weighted by Crippen LogP contribution is 2.36. The van der Waals surface area contributed by atoms with Crippen LogP contribution in [0.3, 0.4) is 0 Å². The van der Waals surface area contributed by atoms with Crippen LogP contribution in [0.25, 0.3) is 0 Å². The van der Waals surface area contributed by atoms with Crippen molar-refractivity contribution in [3.8, 4) is 11.5 Å². The maximum absolute atomic E-state index is 13.6. The first-order chi connectivity index (χ1) is 8.43. The first-order valence-corrected chi connectivity index (χ1v) is 5.28. The number of rotatable bonds is 4. The van der Waals surface area contributed by atoms with E-state index in [1.807, 2.05) is 0 Å². The summed E-state index contributed by atoms with van der Waals surface area (Å²) in [5.74, 6) is -4.88. The van der Waals surface area contributed by atoms with Gasteiger partial charge in [0.2, 0.25) is 5.82 Å². The van der Waals surface area contributed by atoms with Crippen molar-refractivity contribution < 1.29 is 28.6 Å². The van der Waals surface area contributed by atoms with Crippen LogP contribution in [-0.2, 0) is 9.53 Å². The molecular weight excluding hydrogens is 267 g/mol. The number of ether oxygens (including phenoxy) is 2. The maximum atomic E-state index is 13.6. The average molecular weight is 277 g/mol. The van der Waals surface area contributed by atoms with Gasteiger partial charge in [0.1, 0.15) is 0 Å². The number of hydrogen-bond acceptors (Lipinski definition) is 5. The molecular formula is C11H10ClFO5. The molecule has 0 heterocycles. The summed E-state index contributed by atoms with van der Waals surface area (Å²) in [6.45, 7) is 1.52. The van der Waals surface area contributed by atoms with Crippen LogP contribution in [0.1, 0.15) is 17.3 Å². The van der Waals surface area contributed by atoms with Gasteiger partial charge in [0.15, 0.2) is 11.5 Å². The van der Waals surface area contributed by atoms with Gasteiger partial charge in [0.25, 0.3) is 5.78 Å². The molecule has 0 spiro atoms. The van der Waals surface area contributed by atoms with Crippen molar-refractivity contribution in [2.75, 3.05) is 13.7 Å². The van der Waals surface area contributed by atoms with Gasteiger partial charge in [-0.3, -0.25) is 4.79 Å². The third kappa shape index (κ3) is 2.53. The first-order valence-electron chi connectivity index (χ1n) is 4.90. The van der Waals surface area contributed by atoms with Crippen LogP contribution >= 0.6 is 11.6 Å². The number of methoxy groups -OCH3 is 1. The lowest BCUT2D eigenvalue weighted by Gasteiger charge is -2.10. The standard InChI is InChI=1S/C11H10ClFO5/c1-3-18-11(16)8(14)5-4-6(12)9(15)7(13)10(5)17-2/h4,15H,3H2,1-2H3. The number of carbonyl (C=O) groups is 2. The molecule has 0 saturated carbocycles. The lowest BCUT2D eigenvalue weighted by molar-refractivity contribution is -0.137. The minimum atomic E-state index is -1.21. The highest BCUT2D eigenvalue weighted by atomic mass is 35.5. The van der Waals surface area contributed by atoms with Crippen molar-refractivity contribution >= 4 is 23.4 Å². The van der Waals surface area contributed by atoms with Crippen LogP contribution < -0.4 is 4.74 Å². The van der Waals surface area contributed by atoms with Gasteiger partial charge in [-0.1, -0.05) is 11.6 Å². The highest BCUT2D eigenvalue weighted by Gasteiger charge is 2.27. The predicted molar refractivity (Wildman–Crippen MR) is 60.6 cm³/mol. The molecule has 1 rings (SSSR count). The Bertz CT molecular complexity index is 501. The van der Waals surface area contributed by atoms with Crippen LogP contribution in [-0.4, -0.2) is 30.6 Å². The number of carbonyl (C=O) groups excluding carboxylic acids is 2. The van der Waals surface area contributed by atoms with Gasteiger partial charge in [-0.2, -0.15) is 4.39 Å². The van der Waals surface area contributed by atoms with Crippen molar-refractivity contribution in [2.24, 2.45) is 0 Å². The van der Waals surface area contributed by atoms with Crippen molar-refractivity contribution in [2.45, 2.75) is 6.92 Å². The van der Waals surface area contributed by atoms with E-state index in [9.17, 15) is 19.1 Å². The summed E-state index contributed by atoms with van der Waals surface area (Å²) < 4.78 is 22.7. The van der Waals surface area contributed by atoms with Gasteiger partial charge in [-0.25, -0.2) is 4.79 Å². The molecule has 0 fully saturated rings. The Morgan fingerprint density at radius 3 is 2.61 bits per heavy atom. The van der Waals surface area contributed by atoms with E-state index in [1.54, 1.807) is 0 Å². The van der Waals surface area contributed by atoms with Gasteiger partial charge >= 0.3 is 5.97 Å². The fraction of sp³-hybridized carbons (Fsp3) is 0.273. The van der Waals surface area contributed by atoms with Crippen molar-refractivity contribution in [1.82, 2.24) is 0 Å². The molecule has 18 heavy (non-hydrogen) atoms. The van der Waals surface area contributed by atoms with Gasteiger partial charge in [-0.15, -0.1) is 0 Å². The second-order valence-corrected chi connectivity index (χ2v) is 3.56. The molecule has 0 aliphatic rings. The molecule has 1 N–H and O–H groups in total. The molecule has 0 bridgehead atoms. The molecule has 1 aromatic carbocycles. The number of halogens is 2. The summed E-state index contributed by atoms with van der Waals surface area (Å²) in [5.41, 5.74) is -0.406. The molecule has 0 saturated heterocycles. The zero-order valence-electron chi connectivity index (χ0n) is 9.62. The number of aromatic hydroxyl groups is 1. The second kappa shape index (κ2) is 5.68. The van der Waals surface area contributed by atoms with E-state index >= 15 is 0 Å². The quantitative estimate of drug-likeness (QED) is 0.517. The van der Waals surface area contributed by atoms with E-state index < -0.39 is 39.7 Å². The number of hydrogen-bond donors (Lipinski definition) is 1. The average Bonchev–Trinajstić information content (AvgIpc) is 2.35. The Hall–Kier alpha value is -1.82. The van der Waals surface area contributed by atoms with E-state index in [2.05, 4.69) is 9.47 Å². The summed E-state index contributed by atoms with van der Waals surface area (Å²) in [5, 5.41) is 8.85. The third-order valence-electron chi connectivity index (χ3n) is 2.06. The summed E-state index contributed by atoms with van der Waals surface area (Å²) in [6.07, 6.45) is 0. The summed E-state index contributed by atoms with van der Waals surface area (Å²) in [4.78, 5) is 22.9. The zero-order valence-corrected chi connectivity index (χ0v) is 10.4. The molecule has 1 aromatic rings. The Morgan fingerprint density at radius 2 is 2.11 bits per heavy atom. The fourth-order valence-electron chi connectivity index (χ4n) is 1.27. The van der Waals surface area contributed by atoms with Crippen LogP contribution in [0.2, 0.25) is 5.02 Å². The smallest absolute Gasteiger partial charge is 0.379 e. The van der Waals surface area contributed by atoms with Crippen molar-refractivity contribution in [3.63, 3.8) is 0 Å². The molecule has 98 valence electrons. The summed E-state index contributed by atoms with van der Waals surface area (Å²) in [6, 6.07) is 0.943. The van der Waals surface area contributed by atoms with E-state index in [4.69, 9.17) is 11.6 Å². The van der Waals surface area contributed by atoms with E-state index in [0.717, 1.165) is 13.2 Å². The Labute approximate surface area is 107 Å². The third-order valence-corrected chi connectivity index (χ3v) is 2.35. The molecule has 0 radical (unpaired) electrons. The summed E-state index contributed by atoms with van der Waals surface area (Å²) in [7, 11) is 1.09. The van der Waals surface area contributed by atoms with Crippen LogP contribution in [0.4, 0.5) is 4.39 Å². The lowest BCUT2D eigenvalue weighted by Crippen LogP contribution is -2.18. The van der Waals surface area contributed by atoms with Gasteiger partial charge < -0.3 is 14.6 Å². The molecule has 0 atom stereocenters. The second-order valence-electron chi connectivity index (χ2n) is 3.15. The molecule has 0 aliphatic carbocycles. The van der Waals surface area contributed by atoms with Crippen molar-refractivity contribution in [1.29, 1.82) is 0 Å². The fourth-order valence-corrected chi connectivity index (χ4v) is 1.46. The van der Waals surface area contributed by atoms with Crippen LogP contribution in [0.15, 0.2) is 6.07 Å². The maximum Gasteiger partial charge on any atom is 0.379 e. The molecule has 0 unspecified atom stereocenters. The normalized spacial score (nSPS) is 10.0. The van der Waals surface area contributed by atoms with E-state index in [1.165, 1.54) is 6.92 Å². The Morgan fingerprint density at radius 1 is 1.50 bits per heavy atom. The predicted octanol–water partition coefficient (Wildman–Crippen LogP) is 1.94. The number of phenolic OH excluding ortho intramolecular Hbond substituents is 1. The van der Waals surface area contributed by atoms with Crippen LogP contribution in [0.5, 0.6) is 11.5 Å². The highest BCUT2D eigenvalue weighted by molar-refractivity contribution is 6.42. The lowest BCUT2D eigenvalue weighted by atomic mass is 10.1. The number of phenols is 1. The zero-order chi connectivity index (χ0) is 13.9. The molecule has 0 amide bonds. The number of esters is 1. The summed E-state index contributed by atoms with van der Waals surface area (Å²) >= 11 is 5.52. The largest absolute Gasteiger partial charge is 0.504 e.